The van der Waals surface area contributed by atoms with Crippen molar-refractivity contribution in [1.82, 2.24) is 10.2 Å². The van der Waals surface area contributed by atoms with E-state index in [1.807, 2.05) is 0 Å². The Morgan fingerprint density at radius 2 is 1.95 bits per heavy atom. The summed E-state index contributed by atoms with van der Waals surface area (Å²) in [6.07, 6.45) is 5.79. The van der Waals surface area contributed by atoms with Crippen molar-refractivity contribution in [3.05, 3.63) is 0 Å². The Labute approximate surface area is 120 Å². The molecule has 0 aliphatic heterocycles. The largest absolute Gasteiger partial charge is 0.481 e. The molecule has 114 valence electrons. The molecule has 2 rings (SSSR count). The van der Waals surface area contributed by atoms with E-state index in [0.717, 1.165) is 25.9 Å². The molecule has 0 bridgehead atoms. The maximum absolute atomic E-state index is 12.0. The van der Waals surface area contributed by atoms with E-state index in [9.17, 15) is 14.7 Å². The highest BCUT2D eigenvalue weighted by Crippen LogP contribution is 2.41. The van der Waals surface area contributed by atoms with Gasteiger partial charge in [-0.05, 0) is 32.2 Å². The first-order valence-electron chi connectivity index (χ1n) is 7.81. The summed E-state index contributed by atoms with van der Waals surface area (Å²) in [5.74, 6) is -0.917. The molecule has 1 amide bonds. The SMILES string of the molecule is CCN(CCNC(=O)CC1(C(=O)O)CCCC1)C1CC1. The van der Waals surface area contributed by atoms with E-state index in [2.05, 4.69) is 17.1 Å². The number of carboxylic acid groups (broad SMARTS) is 1. The summed E-state index contributed by atoms with van der Waals surface area (Å²) in [5.41, 5.74) is -0.801. The van der Waals surface area contributed by atoms with Crippen LogP contribution in [0.3, 0.4) is 0 Å². The molecular weight excluding hydrogens is 256 g/mol. The van der Waals surface area contributed by atoms with E-state index >= 15 is 0 Å². The van der Waals surface area contributed by atoms with Crippen LogP contribution in [0.5, 0.6) is 0 Å². The molecule has 20 heavy (non-hydrogen) atoms. The minimum atomic E-state index is -0.807. The second kappa shape index (κ2) is 6.57. The van der Waals surface area contributed by atoms with Crippen molar-refractivity contribution >= 4 is 11.9 Å². The van der Waals surface area contributed by atoms with Gasteiger partial charge in [0, 0.05) is 25.6 Å². The number of carboxylic acids is 1. The average Bonchev–Trinajstić information content (AvgIpc) is 3.14. The Morgan fingerprint density at radius 3 is 2.45 bits per heavy atom. The number of hydrogen-bond donors (Lipinski definition) is 2. The number of carbonyl (C=O) groups is 2. The summed E-state index contributed by atoms with van der Waals surface area (Å²) in [6, 6.07) is 0.706. The standard InChI is InChI=1S/C15H26N2O3/c1-2-17(12-5-6-12)10-9-16-13(18)11-15(14(19)20)7-3-4-8-15/h12H,2-11H2,1H3,(H,16,18)(H,19,20). The highest BCUT2D eigenvalue weighted by atomic mass is 16.4. The van der Waals surface area contributed by atoms with Gasteiger partial charge in [0.2, 0.25) is 5.91 Å². The normalized spacial score (nSPS) is 21.1. The summed E-state index contributed by atoms with van der Waals surface area (Å²) in [6.45, 7) is 4.64. The van der Waals surface area contributed by atoms with Gasteiger partial charge in [-0.1, -0.05) is 19.8 Å². The Morgan fingerprint density at radius 1 is 1.30 bits per heavy atom. The van der Waals surface area contributed by atoms with E-state index in [1.54, 1.807) is 0 Å². The second-order valence-electron chi connectivity index (χ2n) is 6.18. The number of hydrogen-bond acceptors (Lipinski definition) is 3. The smallest absolute Gasteiger partial charge is 0.310 e. The van der Waals surface area contributed by atoms with E-state index in [-0.39, 0.29) is 12.3 Å². The first-order valence-corrected chi connectivity index (χ1v) is 7.81. The average molecular weight is 282 g/mol. The van der Waals surface area contributed by atoms with Crippen LogP contribution in [-0.2, 0) is 9.59 Å². The van der Waals surface area contributed by atoms with Crippen LogP contribution in [0.2, 0.25) is 0 Å². The molecule has 0 heterocycles. The van der Waals surface area contributed by atoms with Crippen molar-refractivity contribution in [2.45, 2.75) is 57.9 Å². The quantitative estimate of drug-likeness (QED) is 0.710. The summed E-state index contributed by atoms with van der Waals surface area (Å²) in [7, 11) is 0. The Balaban J connectivity index is 1.72. The highest BCUT2D eigenvalue weighted by molar-refractivity contribution is 5.85. The van der Waals surface area contributed by atoms with E-state index in [4.69, 9.17) is 0 Å². The summed E-state index contributed by atoms with van der Waals surface area (Å²) in [5, 5.41) is 12.2. The summed E-state index contributed by atoms with van der Waals surface area (Å²) < 4.78 is 0. The van der Waals surface area contributed by atoms with Crippen LogP contribution in [0, 0.1) is 5.41 Å². The van der Waals surface area contributed by atoms with Crippen LogP contribution in [0.15, 0.2) is 0 Å². The van der Waals surface area contributed by atoms with Crippen LogP contribution in [0.4, 0.5) is 0 Å². The van der Waals surface area contributed by atoms with E-state index in [1.165, 1.54) is 12.8 Å². The van der Waals surface area contributed by atoms with Crippen LogP contribution in [-0.4, -0.2) is 47.6 Å². The molecule has 5 heteroatoms. The van der Waals surface area contributed by atoms with Crippen LogP contribution >= 0.6 is 0 Å². The predicted molar refractivity (Wildman–Crippen MR) is 76.4 cm³/mol. The van der Waals surface area contributed by atoms with Gasteiger partial charge in [-0.25, -0.2) is 0 Å². The van der Waals surface area contributed by atoms with Crippen molar-refractivity contribution < 1.29 is 14.7 Å². The molecule has 0 aromatic rings. The molecule has 0 radical (unpaired) electrons. The third-order valence-electron chi connectivity index (χ3n) is 4.70. The zero-order chi connectivity index (χ0) is 14.6. The topological polar surface area (TPSA) is 69.6 Å². The van der Waals surface area contributed by atoms with E-state index < -0.39 is 11.4 Å². The van der Waals surface area contributed by atoms with Gasteiger partial charge >= 0.3 is 5.97 Å². The molecule has 2 N–H and O–H groups in total. The molecule has 0 atom stereocenters. The number of amides is 1. The molecule has 0 unspecified atom stereocenters. The third-order valence-corrected chi connectivity index (χ3v) is 4.70. The highest BCUT2D eigenvalue weighted by Gasteiger charge is 2.42. The first-order chi connectivity index (χ1) is 9.57. The molecule has 0 aromatic carbocycles. The maximum Gasteiger partial charge on any atom is 0.310 e. The summed E-state index contributed by atoms with van der Waals surface area (Å²) >= 11 is 0. The Kier molecular flexibility index (Phi) is 5.02. The third kappa shape index (κ3) is 3.72. The minimum absolute atomic E-state index is 0.110. The lowest BCUT2D eigenvalue weighted by atomic mass is 9.82. The number of nitrogens with zero attached hydrogens (tertiary/aromatic N) is 1. The molecule has 2 fully saturated rings. The van der Waals surface area contributed by atoms with Crippen LogP contribution in [0.1, 0.15) is 51.9 Å². The second-order valence-corrected chi connectivity index (χ2v) is 6.18. The number of carbonyl (C=O) groups excluding carboxylic acids is 1. The molecular formula is C15H26N2O3. The van der Waals surface area contributed by atoms with Crippen molar-refractivity contribution in [2.24, 2.45) is 5.41 Å². The van der Waals surface area contributed by atoms with Gasteiger partial charge in [0.15, 0.2) is 0 Å². The lowest BCUT2D eigenvalue weighted by Crippen LogP contribution is -2.39. The Bertz CT molecular complexity index is 360. The fraction of sp³-hybridized carbons (Fsp3) is 0.867. The molecule has 0 saturated heterocycles. The number of likely N-dealkylation sites (N-methyl/N-ethyl adjacent to an activating group) is 1. The number of nitrogens with one attached hydrogen (secondary N) is 1. The fourth-order valence-electron chi connectivity index (χ4n) is 3.27. The van der Waals surface area contributed by atoms with Gasteiger partial charge in [-0.2, -0.15) is 0 Å². The minimum Gasteiger partial charge on any atom is -0.481 e. The van der Waals surface area contributed by atoms with Crippen molar-refractivity contribution in [3.63, 3.8) is 0 Å². The lowest BCUT2D eigenvalue weighted by molar-refractivity contribution is -0.151. The Hall–Kier alpha value is -1.10. The monoisotopic (exact) mass is 282 g/mol. The van der Waals surface area contributed by atoms with E-state index in [0.29, 0.717) is 25.4 Å². The lowest BCUT2D eigenvalue weighted by Gasteiger charge is -2.24. The first kappa shape index (κ1) is 15.3. The van der Waals surface area contributed by atoms with Crippen molar-refractivity contribution in [3.8, 4) is 0 Å². The van der Waals surface area contributed by atoms with Crippen molar-refractivity contribution in [1.29, 1.82) is 0 Å². The van der Waals surface area contributed by atoms with Gasteiger partial charge in [-0.15, -0.1) is 0 Å². The molecule has 0 spiro atoms. The predicted octanol–water partition coefficient (Wildman–Crippen LogP) is 1.62. The zero-order valence-corrected chi connectivity index (χ0v) is 12.4. The van der Waals surface area contributed by atoms with Crippen LogP contribution in [0.25, 0.3) is 0 Å². The van der Waals surface area contributed by atoms with Gasteiger partial charge in [0.25, 0.3) is 0 Å². The number of rotatable bonds is 8. The van der Waals surface area contributed by atoms with Gasteiger partial charge < -0.3 is 10.4 Å². The molecule has 2 saturated carbocycles. The van der Waals surface area contributed by atoms with Crippen molar-refractivity contribution in [2.75, 3.05) is 19.6 Å². The molecule has 2 aliphatic rings. The fourth-order valence-corrected chi connectivity index (χ4v) is 3.27. The zero-order valence-electron chi connectivity index (χ0n) is 12.4. The maximum atomic E-state index is 12.0. The summed E-state index contributed by atoms with van der Waals surface area (Å²) in [4.78, 5) is 25.7. The molecule has 0 aromatic heterocycles. The van der Waals surface area contributed by atoms with Gasteiger partial charge in [0.05, 0.1) is 5.41 Å². The van der Waals surface area contributed by atoms with Crippen LogP contribution < -0.4 is 5.32 Å². The van der Waals surface area contributed by atoms with Gasteiger partial charge in [-0.3, -0.25) is 14.5 Å². The molecule has 5 nitrogen and oxygen atoms in total. The molecule has 2 aliphatic carbocycles. The number of aliphatic carboxylic acids is 1. The van der Waals surface area contributed by atoms with Gasteiger partial charge in [0.1, 0.15) is 0 Å².